The number of carbonyl (C=O) groups is 1. The Kier molecular flexibility index (Phi) is 9.86. The van der Waals surface area contributed by atoms with Gasteiger partial charge in [0.05, 0.1) is 0 Å². The molecule has 2 nitrogen and oxygen atoms in total. The first-order chi connectivity index (χ1) is 14.2. The summed E-state index contributed by atoms with van der Waals surface area (Å²) in [5.41, 5.74) is 0. The standard InChI is InChI=1S/C27H48O2/c1-3-5-21-7-9-22(10-8-21)11-12-23-13-15-24(16-14-23)25-17-19-26(20-18-25)29-27(28)6-4-2/h21-26H,3-20H2,1-2H3. The molecule has 0 aromatic rings. The summed E-state index contributed by atoms with van der Waals surface area (Å²) >= 11 is 0. The molecular formula is C27H48O2. The molecular weight excluding hydrogens is 356 g/mol. The van der Waals surface area contributed by atoms with Gasteiger partial charge < -0.3 is 4.74 Å². The van der Waals surface area contributed by atoms with Crippen molar-refractivity contribution in [2.45, 2.75) is 136 Å². The van der Waals surface area contributed by atoms with Crippen LogP contribution < -0.4 is 0 Å². The van der Waals surface area contributed by atoms with Gasteiger partial charge in [-0.2, -0.15) is 0 Å². The minimum Gasteiger partial charge on any atom is -0.462 e. The smallest absolute Gasteiger partial charge is 0.306 e. The Morgan fingerprint density at radius 2 is 1.07 bits per heavy atom. The van der Waals surface area contributed by atoms with Crippen LogP contribution in [-0.2, 0) is 9.53 Å². The second kappa shape index (κ2) is 12.4. The zero-order valence-electron chi connectivity index (χ0n) is 19.5. The first-order valence-corrected chi connectivity index (χ1v) is 13.4. The van der Waals surface area contributed by atoms with Crippen molar-refractivity contribution < 1.29 is 9.53 Å². The van der Waals surface area contributed by atoms with Crippen molar-refractivity contribution in [3.05, 3.63) is 0 Å². The molecule has 2 heteroatoms. The van der Waals surface area contributed by atoms with Gasteiger partial charge in [-0.15, -0.1) is 0 Å². The Balaban J connectivity index is 1.27. The van der Waals surface area contributed by atoms with E-state index in [2.05, 4.69) is 6.92 Å². The third kappa shape index (κ3) is 7.59. The summed E-state index contributed by atoms with van der Waals surface area (Å²) in [7, 11) is 0. The van der Waals surface area contributed by atoms with E-state index >= 15 is 0 Å². The molecule has 0 unspecified atom stereocenters. The maximum atomic E-state index is 11.7. The van der Waals surface area contributed by atoms with Crippen LogP contribution in [-0.4, -0.2) is 12.1 Å². The summed E-state index contributed by atoms with van der Waals surface area (Å²) < 4.78 is 5.66. The topological polar surface area (TPSA) is 26.3 Å². The lowest BCUT2D eigenvalue weighted by Gasteiger charge is -2.38. The summed E-state index contributed by atoms with van der Waals surface area (Å²) in [6, 6.07) is 0. The Morgan fingerprint density at radius 3 is 1.55 bits per heavy atom. The summed E-state index contributed by atoms with van der Waals surface area (Å²) in [5, 5.41) is 0. The monoisotopic (exact) mass is 404 g/mol. The van der Waals surface area contributed by atoms with Crippen molar-refractivity contribution in [3.63, 3.8) is 0 Å². The Bertz CT molecular complexity index is 449. The fourth-order valence-electron chi connectivity index (χ4n) is 6.76. The predicted octanol–water partition coefficient (Wildman–Crippen LogP) is 8.08. The summed E-state index contributed by atoms with van der Waals surface area (Å²) in [6.45, 7) is 4.39. The Hall–Kier alpha value is -0.530. The molecule has 3 fully saturated rings. The van der Waals surface area contributed by atoms with E-state index < -0.39 is 0 Å². The van der Waals surface area contributed by atoms with Crippen LogP contribution in [0.4, 0.5) is 0 Å². The maximum absolute atomic E-state index is 11.7. The predicted molar refractivity (Wildman–Crippen MR) is 122 cm³/mol. The van der Waals surface area contributed by atoms with Crippen LogP contribution in [0.1, 0.15) is 129 Å². The molecule has 0 bridgehead atoms. The van der Waals surface area contributed by atoms with Crippen molar-refractivity contribution >= 4 is 5.97 Å². The Morgan fingerprint density at radius 1 is 0.621 bits per heavy atom. The number of esters is 1. The molecule has 3 aliphatic rings. The van der Waals surface area contributed by atoms with Crippen LogP contribution in [0.5, 0.6) is 0 Å². The molecule has 0 radical (unpaired) electrons. The number of hydrogen-bond acceptors (Lipinski definition) is 2. The first kappa shape index (κ1) is 23.1. The van der Waals surface area contributed by atoms with E-state index in [1.165, 1.54) is 89.9 Å². The summed E-state index contributed by atoms with van der Waals surface area (Å²) in [5.74, 6) is 5.01. The fraction of sp³-hybridized carbons (Fsp3) is 0.963. The van der Waals surface area contributed by atoms with E-state index in [-0.39, 0.29) is 12.1 Å². The maximum Gasteiger partial charge on any atom is 0.306 e. The molecule has 168 valence electrons. The van der Waals surface area contributed by atoms with Crippen molar-refractivity contribution in [3.8, 4) is 0 Å². The summed E-state index contributed by atoms with van der Waals surface area (Å²) in [4.78, 5) is 11.7. The lowest BCUT2D eigenvalue weighted by atomic mass is 9.69. The quantitative estimate of drug-likeness (QED) is 0.363. The van der Waals surface area contributed by atoms with Crippen LogP contribution in [0.3, 0.4) is 0 Å². The molecule has 3 saturated carbocycles. The molecule has 0 aliphatic heterocycles. The lowest BCUT2D eigenvalue weighted by molar-refractivity contribution is -0.151. The van der Waals surface area contributed by atoms with Gasteiger partial charge in [-0.05, 0) is 74.5 Å². The molecule has 0 N–H and O–H groups in total. The van der Waals surface area contributed by atoms with Crippen molar-refractivity contribution in [1.29, 1.82) is 0 Å². The highest BCUT2D eigenvalue weighted by atomic mass is 16.5. The molecule has 0 saturated heterocycles. The second-order valence-corrected chi connectivity index (χ2v) is 10.8. The molecule has 0 atom stereocenters. The van der Waals surface area contributed by atoms with Gasteiger partial charge in [0.1, 0.15) is 6.10 Å². The van der Waals surface area contributed by atoms with Gasteiger partial charge in [-0.25, -0.2) is 0 Å². The van der Waals surface area contributed by atoms with Crippen molar-refractivity contribution in [2.75, 3.05) is 0 Å². The normalized spacial score (nSPS) is 35.9. The Labute approximate surface area is 180 Å². The highest BCUT2D eigenvalue weighted by Crippen LogP contribution is 2.42. The number of rotatable bonds is 9. The molecule has 0 amide bonds. The molecule has 3 rings (SSSR count). The fourth-order valence-corrected chi connectivity index (χ4v) is 6.76. The lowest BCUT2D eigenvalue weighted by Crippen LogP contribution is -2.29. The number of ether oxygens (including phenoxy) is 1. The van der Waals surface area contributed by atoms with E-state index in [1.54, 1.807) is 0 Å². The van der Waals surface area contributed by atoms with Crippen LogP contribution in [0.15, 0.2) is 0 Å². The minimum atomic E-state index is 0.0234. The van der Waals surface area contributed by atoms with Crippen molar-refractivity contribution in [2.24, 2.45) is 29.6 Å². The summed E-state index contributed by atoms with van der Waals surface area (Å²) in [6.07, 6.45) is 24.4. The molecule has 0 heterocycles. The molecule has 29 heavy (non-hydrogen) atoms. The van der Waals surface area contributed by atoms with Gasteiger partial charge >= 0.3 is 5.97 Å². The van der Waals surface area contributed by atoms with Gasteiger partial charge in [0.15, 0.2) is 0 Å². The highest BCUT2D eigenvalue weighted by molar-refractivity contribution is 5.69. The van der Waals surface area contributed by atoms with E-state index in [0.717, 1.165) is 48.9 Å². The van der Waals surface area contributed by atoms with Crippen molar-refractivity contribution in [1.82, 2.24) is 0 Å². The zero-order valence-corrected chi connectivity index (χ0v) is 19.5. The first-order valence-electron chi connectivity index (χ1n) is 13.4. The number of carbonyl (C=O) groups excluding carboxylic acids is 1. The van der Waals surface area contributed by atoms with Gasteiger partial charge in [0.25, 0.3) is 0 Å². The average Bonchev–Trinajstić information content (AvgIpc) is 2.75. The van der Waals surface area contributed by atoms with Crippen LogP contribution in [0.25, 0.3) is 0 Å². The van der Waals surface area contributed by atoms with Crippen LogP contribution in [0, 0.1) is 29.6 Å². The second-order valence-electron chi connectivity index (χ2n) is 10.8. The SMILES string of the molecule is CCCC(=O)OC1CCC(C2CCC(CCC3CCC(CCC)CC3)CC2)CC1. The highest BCUT2D eigenvalue weighted by Gasteiger charge is 2.32. The molecule has 3 aliphatic carbocycles. The van der Waals surface area contributed by atoms with E-state index in [0.29, 0.717) is 6.42 Å². The van der Waals surface area contributed by atoms with Crippen LogP contribution >= 0.6 is 0 Å². The third-order valence-corrected chi connectivity index (χ3v) is 8.68. The van der Waals surface area contributed by atoms with Crippen LogP contribution in [0.2, 0.25) is 0 Å². The minimum absolute atomic E-state index is 0.0234. The third-order valence-electron chi connectivity index (χ3n) is 8.68. The molecule has 0 aromatic carbocycles. The van der Waals surface area contributed by atoms with E-state index in [4.69, 9.17) is 4.74 Å². The van der Waals surface area contributed by atoms with Gasteiger partial charge in [-0.1, -0.05) is 78.1 Å². The average molecular weight is 405 g/mol. The van der Waals surface area contributed by atoms with E-state index in [9.17, 15) is 4.79 Å². The van der Waals surface area contributed by atoms with Gasteiger partial charge in [0.2, 0.25) is 0 Å². The van der Waals surface area contributed by atoms with Gasteiger partial charge in [0, 0.05) is 6.42 Å². The largest absolute Gasteiger partial charge is 0.462 e. The molecule has 0 aromatic heterocycles. The van der Waals surface area contributed by atoms with Gasteiger partial charge in [-0.3, -0.25) is 4.79 Å². The zero-order chi connectivity index (χ0) is 20.5. The van der Waals surface area contributed by atoms with E-state index in [1.807, 2.05) is 6.92 Å². The molecule has 0 spiro atoms. The number of hydrogen-bond donors (Lipinski definition) is 0.